The molecule has 104 valence electrons. The van der Waals surface area contributed by atoms with Gasteiger partial charge in [-0.3, -0.25) is 9.78 Å². The van der Waals surface area contributed by atoms with E-state index in [1.54, 1.807) is 11.1 Å². The number of hydrogen-bond acceptors (Lipinski definition) is 4. The van der Waals surface area contributed by atoms with Gasteiger partial charge in [0.15, 0.2) is 0 Å². The number of aromatic nitrogens is 2. The van der Waals surface area contributed by atoms with Crippen molar-refractivity contribution >= 4 is 16.9 Å². The maximum absolute atomic E-state index is 12.4. The van der Waals surface area contributed by atoms with E-state index < -0.39 is 0 Å². The topological polar surface area (TPSA) is 66.3 Å². The van der Waals surface area contributed by atoms with Crippen LogP contribution in [-0.2, 0) is 0 Å². The number of aliphatic hydroxyl groups is 1. The molecule has 0 bridgehead atoms. The van der Waals surface area contributed by atoms with Crippen molar-refractivity contribution in [2.24, 2.45) is 5.92 Å². The van der Waals surface area contributed by atoms with Gasteiger partial charge in [0.05, 0.1) is 17.2 Å². The van der Waals surface area contributed by atoms with E-state index in [4.69, 9.17) is 5.11 Å². The van der Waals surface area contributed by atoms with Crippen LogP contribution < -0.4 is 0 Å². The van der Waals surface area contributed by atoms with Crippen LogP contribution in [0.4, 0.5) is 0 Å². The van der Waals surface area contributed by atoms with Gasteiger partial charge in [0.2, 0.25) is 0 Å². The number of carbonyl (C=O) groups excluding carboxylic acids is 1. The number of carbonyl (C=O) groups is 1. The normalized spacial score (nSPS) is 18.6. The number of benzene rings is 1. The molecule has 1 aliphatic rings. The van der Waals surface area contributed by atoms with Crippen LogP contribution >= 0.6 is 0 Å². The zero-order valence-electron chi connectivity index (χ0n) is 11.2. The van der Waals surface area contributed by atoms with Gasteiger partial charge in [-0.2, -0.15) is 0 Å². The van der Waals surface area contributed by atoms with Crippen molar-refractivity contribution in [3.8, 4) is 0 Å². The second kappa shape index (κ2) is 5.54. The Balaban J connectivity index is 1.79. The van der Waals surface area contributed by atoms with Crippen molar-refractivity contribution in [1.29, 1.82) is 0 Å². The Morgan fingerprint density at radius 1 is 1.35 bits per heavy atom. The zero-order chi connectivity index (χ0) is 13.9. The molecule has 1 amide bonds. The van der Waals surface area contributed by atoms with Crippen LogP contribution in [0.15, 0.2) is 30.5 Å². The minimum Gasteiger partial charge on any atom is -0.396 e. The van der Waals surface area contributed by atoms with Crippen molar-refractivity contribution in [3.63, 3.8) is 0 Å². The lowest BCUT2D eigenvalue weighted by Gasteiger charge is -2.15. The summed E-state index contributed by atoms with van der Waals surface area (Å²) in [7, 11) is 0. The number of para-hydroxylation sites is 2. The number of rotatable bonds is 3. The summed E-state index contributed by atoms with van der Waals surface area (Å²) >= 11 is 0. The average Bonchev–Trinajstić information content (AvgIpc) is 2.95. The molecule has 0 saturated carbocycles. The predicted molar refractivity (Wildman–Crippen MR) is 75.3 cm³/mol. The molecule has 0 spiro atoms. The molecule has 1 aliphatic heterocycles. The highest BCUT2D eigenvalue weighted by atomic mass is 16.3. The van der Waals surface area contributed by atoms with Crippen LogP contribution in [-0.4, -0.2) is 45.6 Å². The molecule has 1 aromatic heterocycles. The van der Waals surface area contributed by atoms with Gasteiger partial charge in [0.25, 0.3) is 5.91 Å². The Morgan fingerprint density at radius 3 is 2.95 bits per heavy atom. The molecule has 0 aliphatic carbocycles. The molecule has 3 rings (SSSR count). The summed E-state index contributed by atoms with van der Waals surface area (Å²) in [4.78, 5) is 22.9. The number of hydrogen-bond donors (Lipinski definition) is 1. The lowest BCUT2D eigenvalue weighted by molar-refractivity contribution is 0.0779. The minimum absolute atomic E-state index is 0.0660. The molecule has 1 N–H and O–H groups in total. The molecule has 2 heterocycles. The summed E-state index contributed by atoms with van der Waals surface area (Å²) in [5.41, 5.74) is 1.93. The van der Waals surface area contributed by atoms with Crippen molar-refractivity contribution in [3.05, 3.63) is 36.2 Å². The van der Waals surface area contributed by atoms with Gasteiger partial charge in [0.1, 0.15) is 5.69 Å². The van der Waals surface area contributed by atoms with Crippen LogP contribution in [0.2, 0.25) is 0 Å². The van der Waals surface area contributed by atoms with E-state index in [1.165, 1.54) is 0 Å². The lowest BCUT2D eigenvalue weighted by Crippen LogP contribution is -2.29. The molecule has 1 saturated heterocycles. The number of nitrogens with zero attached hydrogens (tertiary/aromatic N) is 3. The molecule has 1 aromatic carbocycles. The maximum atomic E-state index is 12.4. The molecule has 2 aromatic rings. The second-order valence-corrected chi connectivity index (χ2v) is 5.16. The van der Waals surface area contributed by atoms with Crippen LogP contribution in [0.5, 0.6) is 0 Å². The molecule has 1 unspecified atom stereocenters. The number of likely N-dealkylation sites (tertiary alicyclic amines) is 1. The fourth-order valence-corrected chi connectivity index (χ4v) is 2.66. The monoisotopic (exact) mass is 271 g/mol. The van der Waals surface area contributed by atoms with Gasteiger partial charge in [-0.25, -0.2) is 4.98 Å². The molecule has 1 atom stereocenters. The first kappa shape index (κ1) is 13.0. The smallest absolute Gasteiger partial charge is 0.274 e. The first-order valence-electron chi connectivity index (χ1n) is 6.90. The lowest BCUT2D eigenvalue weighted by atomic mass is 10.1. The Labute approximate surface area is 117 Å². The van der Waals surface area contributed by atoms with Gasteiger partial charge in [0, 0.05) is 19.7 Å². The predicted octanol–water partition coefficient (Wildman–Crippen LogP) is 1.47. The van der Waals surface area contributed by atoms with Crippen molar-refractivity contribution in [1.82, 2.24) is 14.9 Å². The third-order valence-corrected chi connectivity index (χ3v) is 3.78. The van der Waals surface area contributed by atoms with E-state index in [0.29, 0.717) is 18.2 Å². The summed E-state index contributed by atoms with van der Waals surface area (Å²) in [6, 6.07) is 7.53. The van der Waals surface area contributed by atoms with Gasteiger partial charge in [-0.05, 0) is 30.9 Å². The first-order chi connectivity index (χ1) is 9.78. The van der Waals surface area contributed by atoms with Crippen molar-refractivity contribution in [2.45, 2.75) is 12.8 Å². The molecule has 0 radical (unpaired) electrons. The van der Waals surface area contributed by atoms with E-state index in [-0.39, 0.29) is 12.5 Å². The first-order valence-corrected chi connectivity index (χ1v) is 6.90. The highest BCUT2D eigenvalue weighted by Gasteiger charge is 2.27. The Hall–Kier alpha value is -2.01. The van der Waals surface area contributed by atoms with E-state index in [1.807, 2.05) is 24.3 Å². The summed E-state index contributed by atoms with van der Waals surface area (Å²) < 4.78 is 0. The maximum Gasteiger partial charge on any atom is 0.274 e. The Kier molecular flexibility index (Phi) is 3.60. The number of aliphatic hydroxyl groups excluding tert-OH is 1. The highest BCUT2D eigenvalue weighted by Crippen LogP contribution is 2.21. The van der Waals surface area contributed by atoms with Gasteiger partial charge >= 0.3 is 0 Å². The van der Waals surface area contributed by atoms with Crippen LogP contribution in [0.3, 0.4) is 0 Å². The molecule has 5 nitrogen and oxygen atoms in total. The fraction of sp³-hybridized carbons (Fsp3) is 0.400. The standard InChI is InChI=1S/C15H17N3O2/c19-8-6-11-5-7-18(10-11)15(20)14-9-16-12-3-1-2-4-13(12)17-14/h1-4,9,11,19H,5-8,10H2. The van der Waals surface area contributed by atoms with Crippen LogP contribution in [0, 0.1) is 5.92 Å². The van der Waals surface area contributed by atoms with Crippen molar-refractivity contribution < 1.29 is 9.90 Å². The van der Waals surface area contributed by atoms with Gasteiger partial charge < -0.3 is 10.0 Å². The third-order valence-electron chi connectivity index (χ3n) is 3.78. The number of fused-ring (bicyclic) bond motifs is 1. The van der Waals surface area contributed by atoms with Gasteiger partial charge in [-0.1, -0.05) is 12.1 Å². The van der Waals surface area contributed by atoms with E-state index >= 15 is 0 Å². The average molecular weight is 271 g/mol. The van der Waals surface area contributed by atoms with E-state index in [9.17, 15) is 4.79 Å². The third kappa shape index (κ3) is 2.49. The SMILES string of the molecule is O=C(c1cnc2ccccc2n1)N1CCC(CCO)C1. The zero-order valence-corrected chi connectivity index (χ0v) is 11.2. The molecular weight excluding hydrogens is 254 g/mol. The quantitative estimate of drug-likeness (QED) is 0.918. The molecule has 1 fully saturated rings. The largest absolute Gasteiger partial charge is 0.396 e. The van der Waals surface area contributed by atoms with Gasteiger partial charge in [-0.15, -0.1) is 0 Å². The van der Waals surface area contributed by atoms with E-state index in [2.05, 4.69) is 9.97 Å². The molecule has 20 heavy (non-hydrogen) atoms. The summed E-state index contributed by atoms with van der Waals surface area (Å²) in [6.07, 6.45) is 3.25. The molecular formula is C15H17N3O2. The Morgan fingerprint density at radius 2 is 2.15 bits per heavy atom. The minimum atomic E-state index is -0.0660. The van der Waals surface area contributed by atoms with Crippen molar-refractivity contribution in [2.75, 3.05) is 19.7 Å². The number of amides is 1. The Bertz CT molecular complexity index is 629. The summed E-state index contributed by atoms with van der Waals surface area (Å²) in [5.74, 6) is 0.334. The summed E-state index contributed by atoms with van der Waals surface area (Å²) in [6.45, 7) is 1.62. The second-order valence-electron chi connectivity index (χ2n) is 5.16. The molecule has 5 heteroatoms. The van der Waals surface area contributed by atoms with Crippen LogP contribution in [0.25, 0.3) is 11.0 Å². The highest BCUT2D eigenvalue weighted by molar-refractivity contribution is 5.93. The van der Waals surface area contributed by atoms with E-state index in [0.717, 1.165) is 30.4 Å². The fourth-order valence-electron chi connectivity index (χ4n) is 2.66. The summed E-state index contributed by atoms with van der Waals surface area (Å²) in [5, 5.41) is 8.96. The van der Waals surface area contributed by atoms with Crippen LogP contribution in [0.1, 0.15) is 23.3 Å².